The summed E-state index contributed by atoms with van der Waals surface area (Å²) in [5.74, 6) is -2.08. The second-order valence-electron chi connectivity index (χ2n) is 7.08. The van der Waals surface area contributed by atoms with Crippen LogP contribution in [0.15, 0.2) is 4.99 Å². The van der Waals surface area contributed by atoms with Crippen LogP contribution in [-0.4, -0.2) is 78.9 Å². The first kappa shape index (κ1) is 28.2. The number of aldehydes is 1. The normalized spacial score (nSPS) is 14.5. The summed E-state index contributed by atoms with van der Waals surface area (Å²) in [6.07, 6.45) is 2.82. The highest BCUT2D eigenvalue weighted by molar-refractivity contribution is 5.93. The van der Waals surface area contributed by atoms with Crippen molar-refractivity contribution in [1.82, 2.24) is 16.0 Å². The Morgan fingerprint density at radius 1 is 0.968 bits per heavy atom. The minimum atomic E-state index is -1.31. The number of rotatable bonds is 16. The highest BCUT2D eigenvalue weighted by Gasteiger charge is 2.27. The van der Waals surface area contributed by atoms with E-state index in [1.54, 1.807) is 0 Å². The van der Waals surface area contributed by atoms with Gasteiger partial charge in [0.15, 0.2) is 5.96 Å². The number of unbranched alkanes of at least 4 members (excludes halogenated alkanes) is 1. The third kappa shape index (κ3) is 12.5. The number of amides is 3. The van der Waals surface area contributed by atoms with E-state index < -0.39 is 48.5 Å². The van der Waals surface area contributed by atoms with Crippen molar-refractivity contribution in [2.75, 3.05) is 19.7 Å². The third-order valence-electron chi connectivity index (χ3n) is 4.27. The van der Waals surface area contributed by atoms with Crippen LogP contribution in [-0.2, 0) is 19.2 Å². The van der Waals surface area contributed by atoms with Gasteiger partial charge in [0, 0.05) is 6.54 Å². The SMILES string of the molecule is C[C@H](N)C(=O)N[C@@H](CCCN=C(N)N)C(=O)N[C@@H](CO)C(=O)N[C@H](C=O)CCCCN. The Morgan fingerprint density at radius 3 is 2.10 bits per heavy atom. The molecular formula is C18H36N8O5. The van der Waals surface area contributed by atoms with Crippen molar-refractivity contribution in [2.45, 2.75) is 63.2 Å². The van der Waals surface area contributed by atoms with Crippen LogP contribution in [0.25, 0.3) is 0 Å². The molecule has 13 heteroatoms. The van der Waals surface area contributed by atoms with Crippen LogP contribution in [0.3, 0.4) is 0 Å². The summed E-state index contributed by atoms with van der Waals surface area (Å²) in [4.78, 5) is 51.9. The summed E-state index contributed by atoms with van der Waals surface area (Å²) < 4.78 is 0. The minimum absolute atomic E-state index is 0.103. The Morgan fingerprint density at radius 2 is 1.58 bits per heavy atom. The van der Waals surface area contributed by atoms with Crippen LogP contribution in [0, 0.1) is 0 Å². The van der Waals surface area contributed by atoms with Crippen LogP contribution in [0.1, 0.15) is 39.0 Å². The summed E-state index contributed by atoms with van der Waals surface area (Å²) in [6.45, 7) is 1.45. The minimum Gasteiger partial charge on any atom is -0.394 e. The number of nitrogens with two attached hydrogens (primary N) is 4. The third-order valence-corrected chi connectivity index (χ3v) is 4.27. The first-order chi connectivity index (χ1) is 14.7. The van der Waals surface area contributed by atoms with Gasteiger partial charge in [0.2, 0.25) is 17.7 Å². The molecule has 0 unspecified atom stereocenters. The lowest BCUT2D eigenvalue weighted by Crippen LogP contribution is -2.57. The number of nitrogens with one attached hydrogen (secondary N) is 3. The second kappa shape index (κ2) is 16.0. The molecule has 0 aliphatic heterocycles. The molecule has 13 nitrogen and oxygen atoms in total. The largest absolute Gasteiger partial charge is 0.394 e. The number of nitrogens with zero attached hydrogens (tertiary/aromatic N) is 1. The smallest absolute Gasteiger partial charge is 0.245 e. The standard InChI is InChI=1S/C18H36N8O5/c1-11(20)15(29)25-13(6-4-8-23-18(21)22)16(30)26-14(10-28)17(31)24-12(9-27)5-2-3-7-19/h9,11-14,28H,2-8,10,19-20H2,1H3,(H,24,31)(H,25,29)(H,26,30)(H4,21,22,23)/t11-,12-,13-,14-/m0/s1. The zero-order valence-corrected chi connectivity index (χ0v) is 17.9. The van der Waals surface area contributed by atoms with Crippen LogP contribution in [0.2, 0.25) is 0 Å². The fourth-order valence-corrected chi connectivity index (χ4v) is 2.51. The predicted octanol–water partition coefficient (Wildman–Crippen LogP) is -3.84. The van der Waals surface area contributed by atoms with Crippen molar-refractivity contribution in [2.24, 2.45) is 27.9 Å². The van der Waals surface area contributed by atoms with E-state index in [0.717, 1.165) is 0 Å². The van der Waals surface area contributed by atoms with E-state index in [1.165, 1.54) is 6.92 Å². The van der Waals surface area contributed by atoms with Gasteiger partial charge in [-0.25, -0.2) is 0 Å². The van der Waals surface area contributed by atoms with E-state index in [0.29, 0.717) is 38.5 Å². The zero-order valence-electron chi connectivity index (χ0n) is 17.9. The first-order valence-electron chi connectivity index (χ1n) is 10.1. The van der Waals surface area contributed by atoms with Gasteiger partial charge >= 0.3 is 0 Å². The average Bonchev–Trinajstić information content (AvgIpc) is 2.72. The van der Waals surface area contributed by atoms with Gasteiger partial charge in [-0.1, -0.05) is 0 Å². The van der Waals surface area contributed by atoms with Crippen LogP contribution in [0.5, 0.6) is 0 Å². The molecule has 0 bridgehead atoms. The van der Waals surface area contributed by atoms with Crippen molar-refractivity contribution in [3.63, 3.8) is 0 Å². The molecule has 0 rings (SSSR count). The van der Waals surface area contributed by atoms with Gasteiger partial charge < -0.3 is 48.8 Å². The first-order valence-corrected chi connectivity index (χ1v) is 10.1. The zero-order chi connectivity index (χ0) is 23.8. The molecular weight excluding hydrogens is 408 g/mol. The van der Waals surface area contributed by atoms with Gasteiger partial charge in [-0.05, 0) is 45.6 Å². The Labute approximate surface area is 181 Å². The van der Waals surface area contributed by atoms with E-state index in [9.17, 15) is 24.3 Å². The maximum atomic E-state index is 12.6. The molecule has 0 aromatic rings. The number of aliphatic imine (C=N–C) groups is 1. The predicted molar refractivity (Wildman–Crippen MR) is 115 cm³/mol. The number of aliphatic hydroxyl groups excluding tert-OH is 1. The second-order valence-corrected chi connectivity index (χ2v) is 7.08. The van der Waals surface area contributed by atoms with E-state index in [4.69, 9.17) is 22.9 Å². The van der Waals surface area contributed by atoms with Gasteiger partial charge in [0.1, 0.15) is 18.4 Å². The highest BCUT2D eigenvalue weighted by atomic mass is 16.3. The lowest BCUT2D eigenvalue weighted by molar-refractivity contribution is -0.133. The number of carbonyl (C=O) groups is 4. The molecule has 178 valence electrons. The van der Waals surface area contributed by atoms with Crippen molar-refractivity contribution >= 4 is 30.0 Å². The summed E-state index contributed by atoms with van der Waals surface area (Å²) in [7, 11) is 0. The van der Waals surface area contributed by atoms with Gasteiger partial charge in [0.05, 0.1) is 18.7 Å². The monoisotopic (exact) mass is 444 g/mol. The maximum Gasteiger partial charge on any atom is 0.245 e. The molecule has 0 saturated carbocycles. The maximum absolute atomic E-state index is 12.6. The van der Waals surface area contributed by atoms with Crippen LogP contribution >= 0.6 is 0 Å². The Hall–Kier alpha value is -2.77. The number of carbonyl (C=O) groups excluding carboxylic acids is 4. The Bertz CT molecular complexity index is 610. The fraction of sp³-hybridized carbons (Fsp3) is 0.722. The quantitative estimate of drug-likeness (QED) is 0.0502. The van der Waals surface area contributed by atoms with Crippen molar-refractivity contribution < 1.29 is 24.3 Å². The number of hydrogen-bond donors (Lipinski definition) is 8. The molecule has 0 saturated heterocycles. The fourth-order valence-electron chi connectivity index (χ4n) is 2.51. The molecule has 0 fully saturated rings. The molecule has 3 amide bonds. The van der Waals surface area contributed by atoms with Crippen molar-refractivity contribution in [3.05, 3.63) is 0 Å². The molecule has 0 heterocycles. The molecule has 0 aliphatic carbocycles. The number of guanidine groups is 1. The molecule has 0 spiro atoms. The van der Waals surface area contributed by atoms with Crippen molar-refractivity contribution in [3.8, 4) is 0 Å². The van der Waals surface area contributed by atoms with Crippen LogP contribution < -0.4 is 38.9 Å². The van der Waals surface area contributed by atoms with Gasteiger partial charge in [0.25, 0.3) is 0 Å². The molecule has 0 aromatic heterocycles. The molecule has 0 radical (unpaired) electrons. The summed E-state index contributed by atoms with van der Waals surface area (Å²) in [5, 5.41) is 16.9. The molecule has 0 aliphatic rings. The van der Waals surface area contributed by atoms with Crippen molar-refractivity contribution in [1.29, 1.82) is 0 Å². The lowest BCUT2D eigenvalue weighted by Gasteiger charge is -2.23. The van der Waals surface area contributed by atoms with E-state index in [2.05, 4.69) is 20.9 Å². The van der Waals surface area contributed by atoms with E-state index in [-0.39, 0.29) is 18.9 Å². The molecule has 4 atom stereocenters. The number of aliphatic hydroxyl groups is 1. The molecule has 0 aromatic carbocycles. The topological polar surface area (TPSA) is 241 Å². The van der Waals surface area contributed by atoms with E-state index in [1.807, 2.05) is 0 Å². The lowest BCUT2D eigenvalue weighted by atomic mass is 10.1. The van der Waals surface area contributed by atoms with Crippen LogP contribution in [0.4, 0.5) is 0 Å². The highest BCUT2D eigenvalue weighted by Crippen LogP contribution is 2.02. The molecule has 12 N–H and O–H groups in total. The summed E-state index contributed by atoms with van der Waals surface area (Å²) in [5.41, 5.74) is 21.4. The van der Waals surface area contributed by atoms with Gasteiger partial charge in [-0.3, -0.25) is 19.4 Å². The molecule has 31 heavy (non-hydrogen) atoms. The Kier molecular flexibility index (Phi) is 14.6. The average molecular weight is 445 g/mol. The summed E-state index contributed by atoms with van der Waals surface area (Å²) >= 11 is 0. The summed E-state index contributed by atoms with van der Waals surface area (Å²) in [6, 6.07) is -3.96. The Balaban J connectivity index is 5.04. The number of hydrogen-bond acceptors (Lipinski definition) is 8. The van der Waals surface area contributed by atoms with E-state index >= 15 is 0 Å². The van der Waals surface area contributed by atoms with Gasteiger partial charge in [-0.15, -0.1) is 0 Å². The van der Waals surface area contributed by atoms with Gasteiger partial charge in [-0.2, -0.15) is 0 Å².